The zero-order valence-electron chi connectivity index (χ0n) is 11.1. The number of aromatic carboxylic acids is 1. The predicted molar refractivity (Wildman–Crippen MR) is 74.5 cm³/mol. The van der Waals surface area contributed by atoms with E-state index in [1.807, 2.05) is 4.90 Å². The fraction of sp³-hybridized carbons (Fsp3) is 0.188. The Hall–Kier alpha value is -2.43. The van der Waals surface area contributed by atoms with Gasteiger partial charge in [0.25, 0.3) is 0 Å². The van der Waals surface area contributed by atoms with Crippen molar-refractivity contribution in [1.82, 2.24) is 0 Å². The van der Waals surface area contributed by atoms with Crippen LogP contribution in [0.25, 0.3) is 0 Å². The second-order valence-electron chi connectivity index (χ2n) is 5.10. The molecule has 1 heterocycles. The number of benzene rings is 2. The Balaban J connectivity index is 1.89. The summed E-state index contributed by atoms with van der Waals surface area (Å²) in [6, 6.07) is 8.38. The van der Waals surface area contributed by atoms with E-state index in [4.69, 9.17) is 5.11 Å². The quantitative estimate of drug-likeness (QED) is 0.943. The molecule has 2 aromatic rings. The van der Waals surface area contributed by atoms with Crippen molar-refractivity contribution in [1.29, 1.82) is 0 Å². The molecule has 1 N–H and O–H groups in total. The number of carbonyl (C=O) groups is 1. The maximum atomic E-state index is 13.5. The largest absolute Gasteiger partial charge is 0.478 e. The number of halogens is 2. The van der Waals surface area contributed by atoms with Gasteiger partial charge in [-0.05, 0) is 47.9 Å². The summed E-state index contributed by atoms with van der Waals surface area (Å²) < 4.78 is 26.8. The van der Waals surface area contributed by atoms with E-state index in [0.29, 0.717) is 18.7 Å². The molecule has 0 bridgehead atoms. The summed E-state index contributed by atoms with van der Waals surface area (Å²) in [6.45, 7) is 1.06. The summed E-state index contributed by atoms with van der Waals surface area (Å²) in [6.07, 6.45) is 0.802. The van der Waals surface area contributed by atoms with Crippen molar-refractivity contribution >= 4 is 11.7 Å². The molecular formula is C16H13F2NO2. The average molecular weight is 289 g/mol. The van der Waals surface area contributed by atoms with Gasteiger partial charge in [0.15, 0.2) is 0 Å². The zero-order valence-corrected chi connectivity index (χ0v) is 11.1. The van der Waals surface area contributed by atoms with Gasteiger partial charge >= 0.3 is 5.97 Å². The van der Waals surface area contributed by atoms with Crippen molar-refractivity contribution in [2.75, 3.05) is 11.4 Å². The Morgan fingerprint density at radius 2 is 1.95 bits per heavy atom. The molecule has 0 fully saturated rings. The van der Waals surface area contributed by atoms with Crippen LogP contribution in [0.4, 0.5) is 14.5 Å². The smallest absolute Gasteiger partial charge is 0.335 e. The van der Waals surface area contributed by atoms with Gasteiger partial charge in [-0.25, -0.2) is 13.6 Å². The van der Waals surface area contributed by atoms with Crippen LogP contribution in [0.15, 0.2) is 36.4 Å². The summed E-state index contributed by atoms with van der Waals surface area (Å²) in [7, 11) is 0. The molecule has 3 rings (SSSR count). The van der Waals surface area contributed by atoms with Gasteiger partial charge in [-0.1, -0.05) is 6.07 Å². The number of hydrogen-bond donors (Lipinski definition) is 1. The minimum absolute atomic E-state index is 0.0799. The molecule has 0 spiro atoms. The van der Waals surface area contributed by atoms with Crippen molar-refractivity contribution in [2.24, 2.45) is 0 Å². The minimum atomic E-state index is -1.16. The minimum Gasteiger partial charge on any atom is -0.478 e. The van der Waals surface area contributed by atoms with Crippen LogP contribution in [-0.4, -0.2) is 17.6 Å². The average Bonchev–Trinajstić information content (AvgIpc) is 2.80. The molecule has 0 saturated heterocycles. The summed E-state index contributed by atoms with van der Waals surface area (Å²) in [5, 5.41) is 8.96. The molecule has 0 radical (unpaired) electrons. The summed E-state index contributed by atoms with van der Waals surface area (Å²) in [5.74, 6) is -2.06. The van der Waals surface area contributed by atoms with Crippen LogP contribution >= 0.6 is 0 Å². The van der Waals surface area contributed by atoms with E-state index in [1.54, 1.807) is 6.07 Å². The fourth-order valence-electron chi connectivity index (χ4n) is 2.67. The van der Waals surface area contributed by atoms with Gasteiger partial charge in [-0.3, -0.25) is 0 Å². The van der Waals surface area contributed by atoms with E-state index < -0.39 is 11.8 Å². The van der Waals surface area contributed by atoms with Crippen LogP contribution in [-0.2, 0) is 13.0 Å². The van der Waals surface area contributed by atoms with Gasteiger partial charge in [0, 0.05) is 18.8 Å². The maximum Gasteiger partial charge on any atom is 0.335 e. The molecule has 0 unspecified atom stereocenters. The third kappa shape index (κ3) is 2.72. The lowest BCUT2D eigenvalue weighted by atomic mass is 10.1. The van der Waals surface area contributed by atoms with E-state index in [2.05, 4.69) is 0 Å². The van der Waals surface area contributed by atoms with Crippen LogP contribution in [0.3, 0.4) is 0 Å². The highest BCUT2D eigenvalue weighted by atomic mass is 19.1. The number of nitrogens with zero attached hydrogens (tertiary/aromatic N) is 1. The van der Waals surface area contributed by atoms with Crippen molar-refractivity contribution in [3.8, 4) is 0 Å². The van der Waals surface area contributed by atoms with E-state index in [0.717, 1.165) is 23.7 Å². The topological polar surface area (TPSA) is 40.5 Å². The lowest BCUT2D eigenvalue weighted by Gasteiger charge is -2.19. The highest BCUT2D eigenvalue weighted by Crippen LogP contribution is 2.30. The van der Waals surface area contributed by atoms with Gasteiger partial charge in [-0.2, -0.15) is 0 Å². The highest BCUT2D eigenvalue weighted by molar-refractivity contribution is 5.87. The van der Waals surface area contributed by atoms with Gasteiger partial charge in [0.1, 0.15) is 11.6 Å². The molecule has 108 valence electrons. The normalized spacial score (nSPS) is 13.3. The molecule has 2 aromatic carbocycles. The molecule has 0 atom stereocenters. The predicted octanol–water partition coefficient (Wildman–Crippen LogP) is 3.23. The molecule has 0 aromatic heterocycles. The Morgan fingerprint density at radius 1 is 1.14 bits per heavy atom. The van der Waals surface area contributed by atoms with Crippen molar-refractivity contribution < 1.29 is 18.7 Å². The third-order valence-electron chi connectivity index (χ3n) is 3.62. The second kappa shape index (κ2) is 5.16. The van der Waals surface area contributed by atoms with Crippen LogP contribution < -0.4 is 4.90 Å². The molecule has 0 aliphatic carbocycles. The van der Waals surface area contributed by atoms with Crippen molar-refractivity contribution in [3.05, 3.63) is 64.7 Å². The molecule has 1 aliphatic heterocycles. The molecular weight excluding hydrogens is 276 g/mol. The molecule has 1 aliphatic rings. The van der Waals surface area contributed by atoms with Gasteiger partial charge < -0.3 is 10.0 Å². The monoisotopic (exact) mass is 289 g/mol. The molecule has 0 amide bonds. The first-order valence-electron chi connectivity index (χ1n) is 6.59. The lowest BCUT2D eigenvalue weighted by molar-refractivity contribution is 0.0696. The third-order valence-corrected chi connectivity index (χ3v) is 3.62. The second-order valence-corrected chi connectivity index (χ2v) is 5.10. The maximum absolute atomic E-state index is 13.5. The van der Waals surface area contributed by atoms with Crippen molar-refractivity contribution in [2.45, 2.75) is 13.0 Å². The number of anilines is 1. The first kappa shape index (κ1) is 13.5. The Bertz CT molecular complexity index is 715. The molecule has 0 saturated carbocycles. The Morgan fingerprint density at radius 3 is 2.71 bits per heavy atom. The SMILES string of the molecule is O=C(O)c1cc(F)cc(CN2CCc3ccc(F)cc32)c1. The lowest BCUT2D eigenvalue weighted by Crippen LogP contribution is -2.20. The molecule has 5 heteroatoms. The van der Waals surface area contributed by atoms with E-state index in [1.165, 1.54) is 24.3 Å². The van der Waals surface area contributed by atoms with E-state index in [9.17, 15) is 13.6 Å². The first-order valence-corrected chi connectivity index (χ1v) is 6.59. The molecule has 21 heavy (non-hydrogen) atoms. The van der Waals surface area contributed by atoms with E-state index in [-0.39, 0.29) is 11.4 Å². The van der Waals surface area contributed by atoms with Gasteiger partial charge in [0.05, 0.1) is 5.56 Å². The van der Waals surface area contributed by atoms with Gasteiger partial charge in [-0.15, -0.1) is 0 Å². The number of hydrogen-bond acceptors (Lipinski definition) is 2. The first-order chi connectivity index (χ1) is 10.0. The summed E-state index contributed by atoms with van der Waals surface area (Å²) in [5.41, 5.74) is 2.32. The van der Waals surface area contributed by atoms with Crippen molar-refractivity contribution in [3.63, 3.8) is 0 Å². The van der Waals surface area contributed by atoms with Crippen LogP contribution in [0.1, 0.15) is 21.5 Å². The number of fused-ring (bicyclic) bond motifs is 1. The van der Waals surface area contributed by atoms with Crippen LogP contribution in [0.5, 0.6) is 0 Å². The number of carboxylic acid groups (broad SMARTS) is 1. The zero-order chi connectivity index (χ0) is 15.0. The summed E-state index contributed by atoms with van der Waals surface area (Å²) in [4.78, 5) is 12.9. The Labute approximate surface area is 120 Å². The number of rotatable bonds is 3. The highest BCUT2D eigenvalue weighted by Gasteiger charge is 2.20. The van der Waals surface area contributed by atoms with Crippen LogP contribution in [0, 0.1) is 11.6 Å². The number of carboxylic acids is 1. The summed E-state index contributed by atoms with van der Waals surface area (Å²) >= 11 is 0. The fourth-order valence-corrected chi connectivity index (χ4v) is 2.67. The van der Waals surface area contributed by atoms with Crippen LogP contribution in [0.2, 0.25) is 0 Å². The van der Waals surface area contributed by atoms with E-state index >= 15 is 0 Å². The Kier molecular flexibility index (Phi) is 3.33. The standard InChI is InChI=1S/C16H13F2NO2/c17-13-2-1-11-3-4-19(15(11)8-13)9-10-5-12(16(20)21)7-14(18)6-10/h1-2,5-8H,3-4,9H2,(H,20,21). The molecule has 3 nitrogen and oxygen atoms in total. The van der Waals surface area contributed by atoms with Gasteiger partial charge in [0.2, 0.25) is 0 Å².